The van der Waals surface area contributed by atoms with Crippen molar-refractivity contribution >= 4 is 6.03 Å². The monoisotopic (exact) mass is 345 g/mol. The first-order valence-electron chi connectivity index (χ1n) is 8.47. The molecule has 2 amide bonds. The van der Waals surface area contributed by atoms with Crippen LogP contribution in [0.15, 0.2) is 34.9 Å². The molecule has 1 aromatic carbocycles. The Kier molecular flexibility index (Phi) is 5.55. The van der Waals surface area contributed by atoms with Crippen LogP contribution >= 0.6 is 0 Å². The summed E-state index contributed by atoms with van der Waals surface area (Å²) in [4.78, 5) is 14.0. The summed E-state index contributed by atoms with van der Waals surface area (Å²) in [6, 6.07) is 9.05. The molecule has 2 aromatic rings. The Balaban J connectivity index is 1.63. The summed E-state index contributed by atoms with van der Waals surface area (Å²) in [6.07, 6.45) is 2.84. The van der Waals surface area contributed by atoms with Gasteiger partial charge in [-0.3, -0.25) is 0 Å². The van der Waals surface area contributed by atoms with E-state index in [4.69, 9.17) is 9.26 Å². The van der Waals surface area contributed by atoms with Crippen LogP contribution in [0.3, 0.4) is 0 Å². The molecule has 0 saturated carbocycles. The third kappa shape index (κ3) is 3.93. The van der Waals surface area contributed by atoms with Crippen molar-refractivity contribution in [3.05, 3.63) is 36.1 Å². The number of para-hydroxylation sites is 1. The van der Waals surface area contributed by atoms with Crippen molar-refractivity contribution in [3.8, 4) is 17.0 Å². The molecule has 2 N–H and O–H groups in total. The fourth-order valence-electron chi connectivity index (χ4n) is 3.10. The van der Waals surface area contributed by atoms with E-state index >= 15 is 0 Å². The van der Waals surface area contributed by atoms with Gasteiger partial charge < -0.3 is 24.6 Å². The van der Waals surface area contributed by atoms with Crippen LogP contribution in [0.25, 0.3) is 11.3 Å². The van der Waals surface area contributed by atoms with Crippen molar-refractivity contribution in [2.24, 2.45) is 0 Å². The number of nitrogens with one attached hydrogen (secondary N) is 1. The van der Waals surface area contributed by atoms with E-state index in [0.717, 1.165) is 24.8 Å². The van der Waals surface area contributed by atoms with E-state index < -0.39 is 0 Å². The van der Waals surface area contributed by atoms with Gasteiger partial charge in [0.25, 0.3) is 0 Å². The first-order valence-corrected chi connectivity index (χ1v) is 8.47. The Morgan fingerprint density at radius 2 is 2.28 bits per heavy atom. The number of carbonyl (C=O) groups is 1. The van der Waals surface area contributed by atoms with Crippen molar-refractivity contribution in [1.82, 2.24) is 15.4 Å². The number of rotatable bonds is 5. The summed E-state index contributed by atoms with van der Waals surface area (Å²) in [7, 11) is 1.61. The minimum atomic E-state index is -0.186. The average molecular weight is 345 g/mol. The summed E-state index contributed by atoms with van der Waals surface area (Å²) in [5.74, 6) is 1.28. The predicted octanol–water partition coefficient (Wildman–Crippen LogP) is 2.41. The molecule has 1 aromatic heterocycles. The number of aliphatic hydroxyl groups is 1. The number of aliphatic hydroxyl groups excluding tert-OH is 1. The molecule has 0 spiro atoms. The number of nitrogens with zero attached hydrogens (tertiary/aromatic N) is 2. The number of likely N-dealkylation sites (tertiary alicyclic amines) is 1. The van der Waals surface area contributed by atoms with E-state index in [-0.39, 0.29) is 25.2 Å². The van der Waals surface area contributed by atoms with Crippen molar-refractivity contribution in [1.29, 1.82) is 0 Å². The molecule has 1 fully saturated rings. The van der Waals surface area contributed by atoms with Gasteiger partial charge in [0.15, 0.2) is 5.76 Å². The zero-order chi connectivity index (χ0) is 17.6. The molecule has 0 unspecified atom stereocenters. The molecule has 7 heteroatoms. The number of piperidine rings is 1. The van der Waals surface area contributed by atoms with E-state index in [9.17, 15) is 9.90 Å². The molecule has 1 aliphatic rings. The summed E-state index contributed by atoms with van der Waals surface area (Å²) in [5, 5.41) is 16.3. The Hall–Kier alpha value is -2.54. The SMILES string of the molecule is COc1ccccc1-c1cc(CNC(=O)N2CCCC[C@H]2CO)on1. The van der Waals surface area contributed by atoms with Crippen molar-refractivity contribution in [2.45, 2.75) is 31.8 Å². The standard InChI is InChI=1S/C18H23N3O4/c1-24-17-8-3-2-7-15(17)16-10-14(25-20-16)11-19-18(23)21-9-5-4-6-13(21)12-22/h2-3,7-8,10,13,22H,4-6,9,11-12H2,1H3,(H,19,23)/t13-/m0/s1. The molecular formula is C18H23N3O4. The van der Waals surface area contributed by atoms with Gasteiger partial charge in [-0.05, 0) is 31.4 Å². The second-order valence-electron chi connectivity index (χ2n) is 6.06. The van der Waals surface area contributed by atoms with Gasteiger partial charge in [-0.1, -0.05) is 17.3 Å². The normalized spacial score (nSPS) is 17.4. The van der Waals surface area contributed by atoms with Crippen LogP contribution in [0.4, 0.5) is 4.79 Å². The van der Waals surface area contributed by atoms with Crippen LogP contribution in [0.1, 0.15) is 25.0 Å². The average Bonchev–Trinajstić information content (AvgIpc) is 3.14. The minimum absolute atomic E-state index is 0.00627. The van der Waals surface area contributed by atoms with E-state index in [0.29, 0.717) is 23.7 Å². The second-order valence-corrected chi connectivity index (χ2v) is 6.06. The highest BCUT2D eigenvalue weighted by atomic mass is 16.5. The Labute approximate surface area is 146 Å². The zero-order valence-corrected chi connectivity index (χ0v) is 14.3. The first-order chi connectivity index (χ1) is 12.2. The van der Waals surface area contributed by atoms with Gasteiger partial charge in [-0.15, -0.1) is 0 Å². The molecule has 0 aliphatic carbocycles. The molecule has 0 radical (unpaired) electrons. The zero-order valence-electron chi connectivity index (χ0n) is 14.3. The number of hydrogen-bond acceptors (Lipinski definition) is 5. The number of methoxy groups -OCH3 is 1. The highest BCUT2D eigenvalue weighted by Crippen LogP contribution is 2.29. The van der Waals surface area contributed by atoms with Crippen LogP contribution in [0.2, 0.25) is 0 Å². The quantitative estimate of drug-likeness (QED) is 0.869. The van der Waals surface area contributed by atoms with Crippen LogP contribution < -0.4 is 10.1 Å². The molecule has 134 valence electrons. The fourth-order valence-corrected chi connectivity index (χ4v) is 3.10. The summed E-state index contributed by atoms with van der Waals surface area (Å²) < 4.78 is 10.7. The van der Waals surface area contributed by atoms with Gasteiger partial charge in [-0.25, -0.2) is 4.79 Å². The maximum Gasteiger partial charge on any atom is 0.318 e. The number of benzene rings is 1. The molecule has 1 aliphatic heterocycles. The van der Waals surface area contributed by atoms with Crippen LogP contribution in [0.5, 0.6) is 5.75 Å². The maximum absolute atomic E-state index is 12.3. The number of aromatic nitrogens is 1. The summed E-state index contributed by atoms with van der Waals surface area (Å²) >= 11 is 0. The van der Waals surface area contributed by atoms with E-state index in [1.807, 2.05) is 24.3 Å². The van der Waals surface area contributed by atoms with Gasteiger partial charge in [0.1, 0.15) is 11.4 Å². The van der Waals surface area contributed by atoms with Gasteiger partial charge in [0.2, 0.25) is 0 Å². The fraction of sp³-hybridized carbons (Fsp3) is 0.444. The van der Waals surface area contributed by atoms with E-state index in [2.05, 4.69) is 10.5 Å². The first kappa shape index (κ1) is 17.3. The van der Waals surface area contributed by atoms with Gasteiger partial charge in [-0.2, -0.15) is 0 Å². The molecule has 7 nitrogen and oxygen atoms in total. The molecular weight excluding hydrogens is 322 g/mol. The summed E-state index contributed by atoms with van der Waals surface area (Å²) in [6.45, 7) is 0.906. The maximum atomic E-state index is 12.3. The molecule has 3 rings (SSSR count). The van der Waals surface area contributed by atoms with Crippen molar-refractivity contribution < 1.29 is 19.2 Å². The number of urea groups is 1. The third-order valence-corrected chi connectivity index (χ3v) is 4.45. The lowest BCUT2D eigenvalue weighted by Gasteiger charge is -2.34. The molecule has 2 heterocycles. The molecule has 1 atom stereocenters. The number of ether oxygens (including phenoxy) is 1. The highest BCUT2D eigenvalue weighted by Gasteiger charge is 2.26. The van der Waals surface area contributed by atoms with Crippen molar-refractivity contribution in [3.63, 3.8) is 0 Å². The lowest BCUT2D eigenvalue weighted by Crippen LogP contribution is -2.49. The van der Waals surface area contributed by atoms with Crippen LogP contribution in [-0.4, -0.2) is 47.5 Å². The topological polar surface area (TPSA) is 87.8 Å². The van der Waals surface area contributed by atoms with Crippen LogP contribution in [0, 0.1) is 0 Å². The smallest absolute Gasteiger partial charge is 0.318 e. The highest BCUT2D eigenvalue weighted by molar-refractivity contribution is 5.74. The lowest BCUT2D eigenvalue weighted by molar-refractivity contribution is 0.107. The van der Waals surface area contributed by atoms with Gasteiger partial charge >= 0.3 is 6.03 Å². The third-order valence-electron chi connectivity index (χ3n) is 4.45. The van der Waals surface area contributed by atoms with Crippen molar-refractivity contribution in [2.75, 3.05) is 20.3 Å². The second kappa shape index (κ2) is 8.02. The Bertz CT molecular complexity index is 716. The largest absolute Gasteiger partial charge is 0.496 e. The Morgan fingerprint density at radius 1 is 1.44 bits per heavy atom. The van der Waals surface area contributed by atoms with E-state index in [1.54, 1.807) is 18.1 Å². The predicted molar refractivity (Wildman–Crippen MR) is 92.2 cm³/mol. The Morgan fingerprint density at radius 3 is 3.08 bits per heavy atom. The molecule has 25 heavy (non-hydrogen) atoms. The lowest BCUT2D eigenvalue weighted by atomic mass is 10.0. The number of carbonyl (C=O) groups excluding carboxylic acids is 1. The van der Waals surface area contributed by atoms with Crippen LogP contribution in [-0.2, 0) is 6.54 Å². The molecule has 0 bridgehead atoms. The van der Waals surface area contributed by atoms with Gasteiger partial charge in [0.05, 0.1) is 26.3 Å². The summed E-state index contributed by atoms with van der Waals surface area (Å²) in [5.41, 5.74) is 1.50. The van der Waals surface area contributed by atoms with E-state index in [1.165, 1.54) is 0 Å². The number of amides is 2. The number of hydrogen-bond donors (Lipinski definition) is 2. The molecule has 1 saturated heterocycles. The minimum Gasteiger partial charge on any atom is -0.496 e. The van der Waals surface area contributed by atoms with Gasteiger partial charge in [0, 0.05) is 18.2 Å².